The zero-order chi connectivity index (χ0) is 20.5. The largest absolute Gasteiger partial charge is 0.335 e. The van der Waals surface area contributed by atoms with Gasteiger partial charge in [-0.2, -0.15) is 0 Å². The van der Waals surface area contributed by atoms with E-state index in [1.807, 2.05) is 4.90 Å². The van der Waals surface area contributed by atoms with Crippen molar-refractivity contribution in [3.05, 3.63) is 22.4 Å². The molecule has 0 bridgehead atoms. The molecular formula is C20H32N4O3S2. The van der Waals surface area contributed by atoms with Gasteiger partial charge in [0.15, 0.2) is 0 Å². The van der Waals surface area contributed by atoms with E-state index in [0.717, 1.165) is 38.9 Å². The number of carbonyl (C=O) groups is 1. The van der Waals surface area contributed by atoms with E-state index >= 15 is 0 Å². The van der Waals surface area contributed by atoms with E-state index in [-0.39, 0.29) is 17.5 Å². The van der Waals surface area contributed by atoms with E-state index in [0.29, 0.717) is 25.6 Å². The Kier molecular flexibility index (Phi) is 6.20. The first-order valence-electron chi connectivity index (χ1n) is 10.6. The van der Waals surface area contributed by atoms with E-state index in [1.165, 1.54) is 24.0 Å². The molecule has 0 unspecified atom stereocenters. The van der Waals surface area contributed by atoms with Crippen molar-refractivity contribution in [1.82, 2.24) is 19.8 Å². The fraction of sp³-hybridized carbons (Fsp3) is 0.750. The van der Waals surface area contributed by atoms with Crippen LogP contribution in [0.15, 0.2) is 17.5 Å². The Morgan fingerprint density at radius 1 is 1.24 bits per heavy atom. The number of nitrogens with zero attached hydrogens (tertiary/aromatic N) is 2. The molecule has 4 rings (SSSR count). The van der Waals surface area contributed by atoms with E-state index in [9.17, 15) is 13.2 Å². The SMILES string of the molecule is CS(=O)(=O)N[C@@H]1CCN(C(=O)NC2CCCC2)C[C@]12CCN(Cc1cccs1)C2. The highest BCUT2D eigenvalue weighted by Crippen LogP contribution is 2.40. The Bertz CT molecular complexity index is 808. The predicted octanol–water partition coefficient (Wildman–Crippen LogP) is 2.22. The molecule has 0 aromatic carbocycles. The average molecular weight is 441 g/mol. The molecule has 1 aliphatic carbocycles. The zero-order valence-electron chi connectivity index (χ0n) is 17.1. The molecule has 2 atom stereocenters. The maximum absolute atomic E-state index is 12.9. The highest BCUT2D eigenvalue weighted by molar-refractivity contribution is 7.88. The Morgan fingerprint density at radius 3 is 2.72 bits per heavy atom. The van der Waals surface area contributed by atoms with Crippen molar-refractivity contribution in [3.8, 4) is 0 Å². The molecule has 162 valence electrons. The molecule has 1 spiro atoms. The Morgan fingerprint density at radius 2 is 2.03 bits per heavy atom. The second-order valence-electron chi connectivity index (χ2n) is 8.99. The van der Waals surface area contributed by atoms with Crippen molar-refractivity contribution in [2.24, 2.45) is 5.41 Å². The van der Waals surface area contributed by atoms with Crippen LogP contribution in [0.1, 0.15) is 43.4 Å². The second-order valence-corrected chi connectivity index (χ2v) is 11.8. The maximum atomic E-state index is 12.9. The highest BCUT2D eigenvalue weighted by Gasteiger charge is 2.49. The van der Waals surface area contributed by atoms with Gasteiger partial charge >= 0.3 is 6.03 Å². The van der Waals surface area contributed by atoms with Crippen LogP contribution in [0.5, 0.6) is 0 Å². The van der Waals surface area contributed by atoms with Crippen LogP contribution < -0.4 is 10.0 Å². The van der Waals surface area contributed by atoms with Crippen LogP contribution in [0.3, 0.4) is 0 Å². The third-order valence-electron chi connectivity index (χ3n) is 6.68. The van der Waals surface area contributed by atoms with Crippen LogP contribution in [0.2, 0.25) is 0 Å². The smallest absolute Gasteiger partial charge is 0.317 e. The van der Waals surface area contributed by atoms with Crippen molar-refractivity contribution < 1.29 is 13.2 Å². The van der Waals surface area contributed by atoms with E-state index in [4.69, 9.17) is 0 Å². The Hall–Kier alpha value is -1.16. The van der Waals surface area contributed by atoms with Gasteiger partial charge in [0.1, 0.15) is 0 Å². The minimum atomic E-state index is -3.30. The van der Waals surface area contributed by atoms with Crippen molar-refractivity contribution in [2.45, 2.75) is 57.2 Å². The van der Waals surface area contributed by atoms with Crippen molar-refractivity contribution in [3.63, 3.8) is 0 Å². The number of urea groups is 1. The molecular weight excluding hydrogens is 408 g/mol. The molecule has 2 aliphatic heterocycles. The van der Waals surface area contributed by atoms with Gasteiger partial charge in [-0.15, -0.1) is 11.3 Å². The lowest BCUT2D eigenvalue weighted by atomic mass is 9.75. The number of piperidine rings is 1. The number of amides is 2. The van der Waals surface area contributed by atoms with E-state index in [2.05, 4.69) is 32.5 Å². The number of carbonyl (C=O) groups excluding carboxylic acids is 1. The summed E-state index contributed by atoms with van der Waals surface area (Å²) in [6, 6.07) is 4.40. The number of rotatable bonds is 5. The van der Waals surface area contributed by atoms with Gasteiger partial charge in [-0.25, -0.2) is 17.9 Å². The first kappa shape index (κ1) is 21.1. The fourth-order valence-corrected chi connectivity index (χ4v) is 6.90. The molecule has 1 aromatic rings. The van der Waals surface area contributed by atoms with Crippen LogP contribution in [0, 0.1) is 5.41 Å². The fourth-order valence-electron chi connectivity index (χ4n) is 5.27. The number of thiophene rings is 1. The molecule has 7 nitrogen and oxygen atoms in total. The zero-order valence-corrected chi connectivity index (χ0v) is 18.7. The summed E-state index contributed by atoms with van der Waals surface area (Å²) in [6.07, 6.45) is 7.31. The molecule has 1 saturated carbocycles. The Labute approximate surface area is 177 Å². The van der Waals surface area contributed by atoms with Gasteiger partial charge in [-0.05, 0) is 43.7 Å². The van der Waals surface area contributed by atoms with E-state index in [1.54, 1.807) is 11.3 Å². The monoisotopic (exact) mass is 440 g/mol. The standard InChI is InChI=1S/C20H32N4O3S2/c1-29(26,27)22-18-8-10-24(19(25)21-16-5-2-3-6-16)15-20(18)9-11-23(14-20)13-17-7-4-12-28-17/h4,7,12,16,18,22H,2-3,5-6,8-11,13-15H2,1H3,(H,21,25)/t18-,20-/m1/s1. The third kappa shape index (κ3) is 5.13. The topological polar surface area (TPSA) is 81.8 Å². The van der Waals surface area contributed by atoms with Gasteiger partial charge in [-0.1, -0.05) is 18.9 Å². The molecule has 9 heteroatoms. The van der Waals surface area contributed by atoms with Crippen LogP contribution >= 0.6 is 11.3 Å². The lowest BCUT2D eigenvalue weighted by molar-refractivity contribution is 0.0802. The van der Waals surface area contributed by atoms with Crippen molar-refractivity contribution in [1.29, 1.82) is 0 Å². The molecule has 3 aliphatic rings. The summed E-state index contributed by atoms with van der Waals surface area (Å²) in [5.74, 6) is 0. The van der Waals surface area contributed by atoms with Crippen molar-refractivity contribution >= 4 is 27.4 Å². The summed E-state index contributed by atoms with van der Waals surface area (Å²) in [5, 5.41) is 5.29. The Balaban J connectivity index is 1.47. The quantitative estimate of drug-likeness (QED) is 0.736. The van der Waals surface area contributed by atoms with Gasteiger partial charge in [-0.3, -0.25) is 4.90 Å². The van der Waals surface area contributed by atoms with Gasteiger partial charge in [0, 0.05) is 48.6 Å². The number of likely N-dealkylation sites (tertiary alicyclic amines) is 2. The number of nitrogens with one attached hydrogen (secondary N) is 2. The first-order chi connectivity index (χ1) is 13.8. The van der Waals surface area contributed by atoms with Gasteiger partial charge in [0.05, 0.1) is 6.26 Å². The summed E-state index contributed by atoms with van der Waals surface area (Å²) in [6.45, 7) is 3.83. The van der Waals surface area contributed by atoms with Crippen LogP contribution in [0.25, 0.3) is 0 Å². The number of hydrogen-bond acceptors (Lipinski definition) is 5. The molecule has 1 aromatic heterocycles. The lowest BCUT2D eigenvalue weighted by Gasteiger charge is -2.46. The normalized spacial score (nSPS) is 29.0. The minimum absolute atomic E-state index is 0.0192. The van der Waals surface area contributed by atoms with E-state index < -0.39 is 10.0 Å². The molecule has 2 saturated heterocycles. The first-order valence-corrected chi connectivity index (χ1v) is 13.4. The molecule has 0 radical (unpaired) electrons. The summed E-state index contributed by atoms with van der Waals surface area (Å²) in [4.78, 5) is 18.5. The summed E-state index contributed by atoms with van der Waals surface area (Å²) in [7, 11) is -3.30. The maximum Gasteiger partial charge on any atom is 0.317 e. The van der Waals surface area contributed by atoms with Gasteiger partial charge < -0.3 is 10.2 Å². The van der Waals surface area contributed by atoms with Crippen LogP contribution in [-0.4, -0.2) is 68.8 Å². The van der Waals surface area contributed by atoms with Gasteiger partial charge in [0.25, 0.3) is 0 Å². The number of sulfonamides is 1. The van der Waals surface area contributed by atoms with Crippen LogP contribution in [0.4, 0.5) is 4.79 Å². The second kappa shape index (κ2) is 8.53. The highest BCUT2D eigenvalue weighted by atomic mass is 32.2. The average Bonchev–Trinajstić information content (AvgIpc) is 3.40. The number of hydrogen-bond donors (Lipinski definition) is 2. The summed E-state index contributed by atoms with van der Waals surface area (Å²) >= 11 is 1.75. The third-order valence-corrected chi connectivity index (χ3v) is 8.26. The summed E-state index contributed by atoms with van der Waals surface area (Å²) in [5.41, 5.74) is -0.231. The predicted molar refractivity (Wildman–Crippen MR) is 115 cm³/mol. The summed E-state index contributed by atoms with van der Waals surface area (Å²) < 4.78 is 26.9. The lowest BCUT2D eigenvalue weighted by Crippen LogP contribution is -2.61. The van der Waals surface area contributed by atoms with Gasteiger partial charge in [0.2, 0.25) is 10.0 Å². The molecule has 2 N–H and O–H groups in total. The molecule has 2 amide bonds. The van der Waals surface area contributed by atoms with Crippen molar-refractivity contribution in [2.75, 3.05) is 32.4 Å². The molecule has 29 heavy (non-hydrogen) atoms. The van der Waals surface area contributed by atoms with Crippen LogP contribution in [-0.2, 0) is 16.6 Å². The molecule has 3 fully saturated rings. The minimum Gasteiger partial charge on any atom is -0.335 e. The molecule has 3 heterocycles.